The molecule has 0 amide bonds. The summed E-state index contributed by atoms with van der Waals surface area (Å²) in [4.78, 5) is 4.90. The monoisotopic (exact) mass is 1020 g/mol. The van der Waals surface area contributed by atoms with E-state index < -0.39 is 0 Å². The molecule has 0 radical (unpaired) electrons. The zero-order valence-corrected chi connectivity index (χ0v) is 45.3. The molecule has 0 atom stereocenters. The molecule has 0 bridgehead atoms. The van der Waals surface area contributed by atoms with Gasteiger partial charge in [-0.3, -0.25) is 0 Å². The number of hydrogen-bond donors (Lipinski definition) is 0. The van der Waals surface area contributed by atoms with Crippen molar-refractivity contribution in [2.45, 2.75) is 152 Å². The Balaban J connectivity index is 0.767. The lowest BCUT2D eigenvalue weighted by Crippen LogP contribution is -2.11. The van der Waals surface area contributed by atoms with Gasteiger partial charge in [-0.15, -0.1) is 0 Å². The van der Waals surface area contributed by atoms with E-state index in [1.54, 1.807) is 0 Å². The third-order valence-corrected chi connectivity index (χ3v) is 19.4. The Bertz CT molecular complexity index is 3550. The summed E-state index contributed by atoms with van der Waals surface area (Å²) >= 11 is 0. The van der Waals surface area contributed by atoms with Crippen LogP contribution in [0.25, 0.3) is 65.4 Å². The van der Waals surface area contributed by atoms with Gasteiger partial charge in [0.15, 0.2) is 0 Å². The van der Waals surface area contributed by atoms with Crippen molar-refractivity contribution in [3.63, 3.8) is 0 Å². The molecule has 2 heterocycles. The maximum atomic E-state index is 6.90. The topological polar surface area (TPSA) is 32.8 Å². The molecule has 11 aromatic rings. The van der Waals surface area contributed by atoms with Gasteiger partial charge in [0, 0.05) is 72.5 Å². The van der Waals surface area contributed by atoms with E-state index in [-0.39, 0.29) is 0 Å². The minimum atomic E-state index is 0.676. The van der Waals surface area contributed by atoms with E-state index in [1.807, 2.05) is 0 Å². The lowest BCUT2D eigenvalue weighted by Gasteiger charge is -2.28. The molecular weight excluding hydrogens is 949 g/mol. The number of anilines is 6. The lowest BCUT2D eigenvalue weighted by molar-refractivity contribution is 0.443. The van der Waals surface area contributed by atoms with Gasteiger partial charge in [-0.2, -0.15) is 0 Å². The Hall–Kier alpha value is -7.30. The van der Waals surface area contributed by atoms with Crippen molar-refractivity contribution in [2.24, 2.45) is 0 Å². The third kappa shape index (κ3) is 8.84. The quantitative estimate of drug-likeness (QED) is 0.137. The lowest BCUT2D eigenvalue weighted by atomic mass is 9.84. The number of benzene rings is 9. The molecule has 2 aromatic heterocycles. The summed E-state index contributed by atoms with van der Waals surface area (Å²) in [6.45, 7) is 0. The van der Waals surface area contributed by atoms with Crippen LogP contribution in [0.2, 0.25) is 0 Å². The standard InChI is InChI=1S/C74H72N2O2/c1-5-13-49(14-6-1)53-21-31-59(32-22-53)75(60-33-23-54(24-34-60)50-15-7-2-8-16-50)63-39-43-65-57(45-63)29-41-67-69-47-70-68-42-30-58-46-64(40-44-66(58)74(68)78-72(70)48-71(69)77-73(65)67)76(61-35-25-55(26-36-61)51-17-9-3-10-18-51)62-37-27-56(28-38-62)52-19-11-4-12-20-52/h21-52H,1-20H2. The van der Waals surface area contributed by atoms with Crippen LogP contribution in [-0.4, -0.2) is 0 Å². The molecule has 78 heavy (non-hydrogen) atoms. The first-order valence-corrected chi connectivity index (χ1v) is 30.3. The van der Waals surface area contributed by atoms with Crippen molar-refractivity contribution in [2.75, 3.05) is 9.80 Å². The van der Waals surface area contributed by atoms with E-state index in [0.29, 0.717) is 23.7 Å². The van der Waals surface area contributed by atoms with Crippen molar-refractivity contribution in [3.05, 3.63) is 192 Å². The van der Waals surface area contributed by atoms with E-state index in [1.165, 1.54) is 173 Å². The van der Waals surface area contributed by atoms with Gasteiger partial charge in [0.25, 0.3) is 0 Å². The minimum Gasteiger partial charge on any atom is -0.455 e. The first-order chi connectivity index (χ1) is 38.6. The molecule has 0 saturated heterocycles. The van der Waals surface area contributed by atoms with Gasteiger partial charge < -0.3 is 18.6 Å². The molecule has 4 saturated carbocycles. The summed E-state index contributed by atoms with van der Waals surface area (Å²) in [5.41, 5.74) is 16.5. The molecule has 9 aromatic carbocycles. The summed E-state index contributed by atoms with van der Waals surface area (Å²) in [5.74, 6) is 2.71. The molecule has 4 fully saturated rings. The number of nitrogens with zero attached hydrogens (tertiary/aromatic N) is 2. The minimum absolute atomic E-state index is 0.676. The number of hydrogen-bond acceptors (Lipinski definition) is 4. The van der Waals surface area contributed by atoms with E-state index in [0.717, 1.165) is 76.8 Å². The van der Waals surface area contributed by atoms with Gasteiger partial charge in [-0.1, -0.05) is 138 Å². The molecule has 0 aliphatic heterocycles. The summed E-state index contributed by atoms with van der Waals surface area (Å²) in [6.07, 6.45) is 26.7. The molecule has 4 nitrogen and oxygen atoms in total. The molecule has 4 aliphatic rings. The van der Waals surface area contributed by atoms with Gasteiger partial charge in [0.05, 0.1) is 0 Å². The Morgan fingerprint density at radius 2 is 0.526 bits per heavy atom. The number of fused-ring (bicyclic) bond motifs is 10. The second kappa shape index (κ2) is 20.5. The molecule has 4 heteroatoms. The van der Waals surface area contributed by atoms with Crippen LogP contribution in [0.1, 0.15) is 174 Å². The maximum absolute atomic E-state index is 6.90. The average Bonchev–Trinajstić information content (AvgIpc) is 4.22. The predicted molar refractivity (Wildman–Crippen MR) is 329 cm³/mol. The van der Waals surface area contributed by atoms with Crippen LogP contribution < -0.4 is 9.80 Å². The highest BCUT2D eigenvalue weighted by Gasteiger charge is 2.24. The second-order valence-corrected chi connectivity index (χ2v) is 24.1. The van der Waals surface area contributed by atoms with Gasteiger partial charge in [-0.25, -0.2) is 0 Å². The van der Waals surface area contributed by atoms with Gasteiger partial charge >= 0.3 is 0 Å². The molecule has 0 N–H and O–H groups in total. The van der Waals surface area contributed by atoms with E-state index in [4.69, 9.17) is 8.83 Å². The van der Waals surface area contributed by atoms with Gasteiger partial charge in [0.2, 0.25) is 0 Å². The summed E-state index contributed by atoms with van der Waals surface area (Å²) in [5, 5.41) is 9.02. The normalized spacial score (nSPS) is 17.5. The van der Waals surface area contributed by atoms with Crippen LogP contribution in [0, 0.1) is 0 Å². The van der Waals surface area contributed by atoms with Crippen LogP contribution >= 0.6 is 0 Å². The Morgan fingerprint density at radius 1 is 0.244 bits per heavy atom. The molecule has 0 spiro atoms. The van der Waals surface area contributed by atoms with Crippen molar-refractivity contribution < 1.29 is 8.83 Å². The van der Waals surface area contributed by atoms with Crippen LogP contribution in [-0.2, 0) is 0 Å². The smallest absolute Gasteiger partial charge is 0.143 e. The van der Waals surface area contributed by atoms with E-state index in [9.17, 15) is 0 Å². The molecule has 4 aliphatic carbocycles. The van der Waals surface area contributed by atoms with E-state index in [2.05, 4.69) is 180 Å². The second-order valence-electron chi connectivity index (χ2n) is 24.1. The van der Waals surface area contributed by atoms with Gasteiger partial charge in [0.1, 0.15) is 22.3 Å². The van der Waals surface area contributed by atoms with Crippen molar-refractivity contribution >= 4 is 99.5 Å². The summed E-state index contributed by atoms with van der Waals surface area (Å²) in [7, 11) is 0. The van der Waals surface area contributed by atoms with Crippen molar-refractivity contribution in [3.8, 4) is 0 Å². The fraction of sp³-hybridized carbons (Fsp3) is 0.324. The first kappa shape index (κ1) is 47.9. The van der Waals surface area contributed by atoms with Crippen molar-refractivity contribution in [1.29, 1.82) is 0 Å². The van der Waals surface area contributed by atoms with Crippen LogP contribution in [0.4, 0.5) is 34.1 Å². The SMILES string of the molecule is c1cc(N(c2ccc(C3CCCCC3)cc2)c2ccc3c(ccc4c5cc6c(cc5oc34)oc3c4ccc(N(c5ccc(C7CCCCC7)cc5)c5ccc(C7CCCCC7)cc5)cc4ccc63)c2)ccc1C1CCCCC1. The van der Waals surface area contributed by atoms with Crippen LogP contribution in [0.15, 0.2) is 179 Å². The zero-order chi connectivity index (χ0) is 51.5. The molecular formula is C74H72N2O2. The highest BCUT2D eigenvalue weighted by Crippen LogP contribution is 2.46. The average molecular weight is 1020 g/mol. The van der Waals surface area contributed by atoms with Gasteiger partial charge in [-0.05, 0) is 211 Å². The first-order valence-electron chi connectivity index (χ1n) is 30.3. The third-order valence-electron chi connectivity index (χ3n) is 19.4. The number of furan rings is 2. The fourth-order valence-corrected chi connectivity index (χ4v) is 15.1. The maximum Gasteiger partial charge on any atom is 0.143 e. The fourth-order valence-electron chi connectivity index (χ4n) is 15.1. The predicted octanol–water partition coefficient (Wildman–Crippen LogP) is 22.9. The highest BCUT2D eigenvalue weighted by atomic mass is 16.3. The Kier molecular flexibility index (Phi) is 12.6. The Morgan fingerprint density at radius 3 is 0.833 bits per heavy atom. The molecule has 15 rings (SSSR count). The summed E-state index contributed by atoms with van der Waals surface area (Å²) in [6, 6.07) is 65.4. The highest BCUT2D eigenvalue weighted by molar-refractivity contribution is 6.22. The molecule has 390 valence electrons. The Labute approximate surface area is 460 Å². The van der Waals surface area contributed by atoms with Crippen LogP contribution in [0.5, 0.6) is 0 Å². The van der Waals surface area contributed by atoms with Crippen LogP contribution in [0.3, 0.4) is 0 Å². The largest absolute Gasteiger partial charge is 0.455 e. The van der Waals surface area contributed by atoms with Crippen molar-refractivity contribution in [1.82, 2.24) is 0 Å². The number of rotatable bonds is 10. The zero-order valence-electron chi connectivity index (χ0n) is 45.3. The molecule has 0 unspecified atom stereocenters. The van der Waals surface area contributed by atoms with E-state index >= 15 is 0 Å². The summed E-state index contributed by atoms with van der Waals surface area (Å²) < 4.78 is 13.8.